The van der Waals surface area contributed by atoms with Crippen LogP contribution in [-0.4, -0.2) is 18.3 Å². The molecule has 1 unspecified atom stereocenters. The minimum Gasteiger partial charge on any atom is -0.486 e. The third-order valence-corrected chi connectivity index (χ3v) is 4.35. The summed E-state index contributed by atoms with van der Waals surface area (Å²) in [5, 5.41) is 11.2. The average Bonchev–Trinajstić information content (AvgIpc) is 2.84. The number of hydrogen-bond acceptors (Lipinski definition) is 4. The monoisotopic (exact) mass is 283 g/mol. The van der Waals surface area contributed by atoms with Crippen molar-refractivity contribution in [1.29, 1.82) is 0 Å². The lowest BCUT2D eigenvalue weighted by molar-refractivity contribution is 0.0819. The first-order valence-corrected chi connectivity index (χ1v) is 7.18. The van der Waals surface area contributed by atoms with Crippen LogP contribution >= 0.6 is 0 Å². The molecule has 2 aromatic rings. The van der Waals surface area contributed by atoms with E-state index in [0.717, 1.165) is 34.5 Å². The molecule has 2 aromatic carbocycles. The van der Waals surface area contributed by atoms with Gasteiger partial charge in [0.2, 0.25) is 0 Å². The van der Waals surface area contributed by atoms with Crippen molar-refractivity contribution in [2.45, 2.75) is 18.4 Å². The van der Waals surface area contributed by atoms with Crippen LogP contribution in [-0.2, 0) is 12.0 Å². The Morgan fingerprint density at radius 1 is 1.00 bits per heavy atom. The van der Waals surface area contributed by atoms with Crippen molar-refractivity contribution in [3.05, 3.63) is 53.1 Å². The lowest BCUT2D eigenvalue weighted by atomic mass is 9.87. The van der Waals surface area contributed by atoms with E-state index in [-0.39, 0.29) is 0 Å². The maximum atomic E-state index is 11.2. The molecule has 3 N–H and O–H groups in total. The van der Waals surface area contributed by atoms with Crippen LogP contribution < -0.4 is 15.2 Å². The van der Waals surface area contributed by atoms with Gasteiger partial charge in [0.15, 0.2) is 11.5 Å². The summed E-state index contributed by atoms with van der Waals surface area (Å²) in [7, 11) is 0. The molecule has 1 atom stereocenters. The second-order valence-corrected chi connectivity index (χ2v) is 5.64. The molecule has 21 heavy (non-hydrogen) atoms. The average molecular weight is 283 g/mol. The summed E-state index contributed by atoms with van der Waals surface area (Å²) in [6.07, 6.45) is 1.48. The van der Waals surface area contributed by atoms with Gasteiger partial charge in [0, 0.05) is 5.69 Å². The molecule has 0 spiro atoms. The molecule has 1 aliphatic carbocycles. The zero-order valence-corrected chi connectivity index (χ0v) is 11.6. The Kier molecular flexibility index (Phi) is 2.62. The van der Waals surface area contributed by atoms with E-state index in [2.05, 4.69) is 0 Å². The van der Waals surface area contributed by atoms with Crippen molar-refractivity contribution in [2.75, 3.05) is 18.9 Å². The van der Waals surface area contributed by atoms with Gasteiger partial charge in [0.05, 0.1) is 0 Å². The van der Waals surface area contributed by atoms with Crippen LogP contribution in [0.25, 0.3) is 0 Å². The number of aliphatic hydroxyl groups is 1. The van der Waals surface area contributed by atoms with E-state index in [9.17, 15) is 5.11 Å². The van der Waals surface area contributed by atoms with Gasteiger partial charge >= 0.3 is 0 Å². The van der Waals surface area contributed by atoms with Crippen LogP contribution in [0.1, 0.15) is 23.1 Å². The lowest BCUT2D eigenvalue weighted by Gasteiger charge is -2.27. The molecule has 0 radical (unpaired) electrons. The fourth-order valence-corrected chi connectivity index (χ4v) is 3.27. The van der Waals surface area contributed by atoms with Gasteiger partial charge in [-0.1, -0.05) is 12.1 Å². The molecule has 1 aliphatic heterocycles. The maximum absolute atomic E-state index is 11.2. The highest BCUT2D eigenvalue weighted by atomic mass is 16.6. The number of nitrogen functional groups attached to an aromatic ring is 1. The van der Waals surface area contributed by atoms with Gasteiger partial charge in [-0.3, -0.25) is 0 Å². The second-order valence-electron chi connectivity index (χ2n) is 5.64. The topological polar surface area (TPSA) is 64.7 Å². The molecule has 0 fully saturated rings. The van der Waals surface area contributed by atoms with Gasteiger partial charge < -0.3 is 20.3 Å². The number of ether oxygens (including phenoxy) is 2. The van der Waals surface area contributed by atoms with E-state index in [0.29, 0.717) is 25.4 Å². The summed E-state index contributed by atoms with van der Waals surface area (Å²) >= 11 is 0. The van der Waals surface area contributed by atoms with Crippen LogP contribution in [0.4, 0.5) is 5.69 Å². The molecule has 108 valence electrons. The molecule has 0 amide bonds. The fraction of sp³-hybridized carbons (Fsp3) is 0.294. The number of aryl methyl sites for hydroxylation is 1. The predicted octanol–water partition coefficient (Wildman–Crippen LogP) is 2.22. The molecule has 0 bridgehead atoms. The summed E-state index contributed by atoms with van der Waals surface area (Å²) in [5.74, 6) is 1.44. The quantitative estimate of drug-likeness (QED) is 0.788. The molecule has 0 aromatic heterocycles. The van der Waals surface area contributed by atoms with E-state index >= 15 is 0 Å². The van der Waals surface area contributed by atoms with Crippen LogP contribution in [0.5, 0.6) is 11.5 Å². The van der Waals surface area contributed by atoms with Crippen LogP contribution in [0.15, 0.2) is 36.4 Å². The van der Waals surface area contributed by atoms with Crippen LogP contribution in [0.3, 0.4) is 0 Å². The normalized spacial score (nSPS) is 22.9. The summed E-state index contributed by atoms with van der Waals surface area (Å²) in [4.78, 5) is 0. The molecular formula is C17H17NO3. The third kappa shape index (κ3) is 1.87. The molecule has 2 aliphatic rings. The standard InChI is InChI=1S/C17H17NO3/c18-13-2-3-14-11(9-13)5-6-17(14,19)12-1-4-15-16(10-12)21-8-7-20-15/h1-4,9-10,19H,5-8,18H2. The zero-order valence-electron chi connectivity index (χ0n) is 11.6. The third-order valence-electron chi connectivity index (χ3n) is 4.35. The number of rotatable bonds is 1. The first kappa shape index (κ1) is 12.5. The summed E-state index contributed by atoms with van der Waals surface area (Å²) < 4.78 is 11.2. The molecule has 4 rings (SSSR count). The van der Waals surface area contributed by atoms with Crippen LogP contribution in [0, 0.1) is 0 Å². The van der Waals surface area contributed by atoms with Crippen molar-refractivity contribution >= 4 is 5.69 Å². The molecule has 0 saturated carbocycles. The Balaban J connectivity index is 1.80. The maximum Gasteiger partial charge on any atom is 0.161 e. The Morgan fingerprint density at radius 3 is 2.67 bits per heavy atom. The van der Waals surface area contributed by atoms with E-state index in [1.54, 1.807) is 0 Å². The van der Waals surface area contributed by atoms with E-state index < -0.39 is 5.60 Å². The Labute approximate surface area is 123 Å². The zero-order chi connectivity index (χ0) is 14.4. The van der Waals surface area contributed by atoms with Gasteiger partial charge in [-0.25, -0.2) is 0 Å². The highest BCUT2D eigenvalue weighted by molar-refractivity contribution is 5.54. The van der Waals surface area contributed by atoms with Crippen molar-refractivity contribution in [1.82, 2.24) is 0 Å². The van der Waals surface area contributed by atoms with Crippen molar-refractivity contribution in [2.24, 2.45) is 0 Å². The smallest absolute Gasteiger partial charge is 0.161 e. The Hall–Kier alpha value is -2.20. The molecule has 1 heterocycles. The van der Waals surface area contributed by atoms with Gasteiger partial charge in [-0.15, -0.1) is 0 Å². The first-order valence-electron chi connectivity index (χ1n) is 7.18. The lowest BCUT2D eigenvalue weighted by Crippen LogP contribution is -2.24. The van der Waals surface area contributed by atoms with Crippen molar-refractivity contribution in [3.63, 3.8) is 0 Å². The Bertz CT molecular complexity index is 713. The van der Waals surface area contributed by atoms with Gasteiger partial charge in [0.25, 0.3) is 0 Å². The SMILES string of the molecule is Nc1ccc2c(c1)CCC2(O)c1ccc2c(c1)OCCO2. The summed E-state index contributed by atoms with van der Waals surface area (Å²) in [6, 6.07) is 11.4. The summed E-state index contributed by atoms with van der Waals surface area (Å²) in [5.41, 5.74) is 8.49. The van der Waals surface area contributed by atoms with E-state index in [4.69, 9.17) is 15.2 Å². The fourth-order valence-electron chi connectivity index (χ4n) is 3.27. The minimum atomic E-state index is -0.973. The number of anilines is 1. The first-order chi connectivity index (χ1) is 10.2. The minimum absolute atomic E-state index is 0.544. The van der Waals surface area contributed by atoms with E-state index in [1.165, 1.54) is 0 Å². The summed E-state index contributed by atoms with van der Waals surface area (Å²) in [6.45, 7) is 1.11. The molecule has 4 heteroatoms. The van der Waals surface area contributed by atoms with Gasteiger partial charge in [0.1, 0.15) is 18.8 Å². The number of hydrogen-bond donors (Lipinski definition) is 2. The largest absolute Gasteiger partial charge is 0.486 e. The van der Waals surface area contributed by atoms with Gasteiger partial charge in [-0.05, 0) is 53.8 Å². The highest BCUT2D eigenvalue weighted by Gasteiger charge is 2.39. The molecule has 4 nitrogen and oxygen atoms in total. The van der Waals surface area contributed by atoms with Crippen molar-refractivity contribution in [3.8, 4) is 11.5 Å². The Morgan fingerprint density at radius 2 is 1.81 bits per heavy atom. The van der Waals surface area contributed by atoms with Gasteiger partial charge in [-0.2, -0.15) is 0 Å². The van der Waals surface area contributed by atoms with Crippen LogP contribution in [0.2, 0.25) is 0 Å². The van der Waals surface area contributed by atoms with Crippen molar-refractivity contribution < 1.29 is 14.6 Å². The molecule has 0 saturated heterocycles. The molecular weight excluding hydrogens is 266 g/mol. The number of benzene rings is 2. The second kappa shape index (κ2) is 4.40. The number of nitrogens with two attached hydrogens (primary N) is 1. The highest BCUT2D eigenvalue weighted by Crippen LogP contribution is 2.45. The predicted molar refractivity (Wildman–Crippen MR) is 79.6 cm³/mol. The van der Waals surface area contributed by atoms with E-state index in [1.807, 2.05) is 36.4 Å². The number of fused-ring (bicyclic) bond motifs is 2.